The van der Waals surface area contributed by atoms with Crippen LogP contribution in [0.3, 0.4) is 0 Å². The molecule has 1 rings (SSSR count). The molecule has 0 amide bonds. The largest absolute Gasteiger partial charge is 0.308 e. The van der Waals surface area contributed by atoms with Crippen molar-refractivity contribution in [2.75, 3.05) is 6.54 Å². The van der Waals surface area contributed by atoms with Crippen molar-refractivity contribution in [1.29, 1.82) is 0 Å². The van der Waals surface area contributed by atoms with Gasteiger partial charge in [-0.3, -0.25) is 0 Å². The highest BCUT2D eigenvalue weighted by atomic mass is 15.0. The van der Waals surface area contributed by atoms with Gasteiger partial charge in [0.05, 0.1) is 0 Å². The molecule has 1 atom stereocenters. The van der Waals surface area contributed by atoms with Crippen LogP contribution in [-0.2, 0) is 0 Å². The highest BCUT2D eigenvalue weighted by molar-refractivity contribution is 5.03. The Kier molecular flexibility index (Phi) is 2.50. The predicted molar refractivity (Wildman–Crippen MR) is 45.1 cm³/mol. The van der Waals surface area contributed by atoms with Crippen LogP contribution in [0.25, 0.3) is 0 Å². The number of nitrogens with one attached hydrogen (secondary N) is 1. The molecule has 0 aromatic carbocycles. The van der Waals surface area contributed by atoms with Gasteiger partial charge in [0.15, 0.2) is 0 Å². The molecule has 0 spiro atoms. The average molecular weight is 139 g/mol. The van der Waals surface area contributed by atoms with E-state index in [-0.39, 0.29) is 0 Å². The maximum atomic E-state index is 3.51. The highest BCUT2D eigenvalue weighted by Gasteiger charge is 2.21. The molecule has 0 aliphatic carbocycles. The molecule has 1 heterocycles. The van der Waals surface area contributed by atoms with E-state index in [9.17, 15) is 0 Å². The van der Waals surface area contributed by atoms with Gasteiger partial charge in [-0.2, -0.15) is 0 Å². The summed E-state index contributed by atoms with van der Waals surface area (Å²) in [5.41, 5.74) is 0.299. The molecular weight excluding hydrogens is 122 g/mol. The Labute approximate surface area is 63.5 Å². The lowest BCUT2D eigenvalue weighted by atomic mass is 9.91. The second kappa shape index (κ2) is 3.20. The van der Waals surface area contributed by atoms with E-state index < -0.39 is 0 Å². The molecule has 1 N–H and O–H groups in total. The van der Waals surface area contributed by atoms with Gasteiger partial charge in [0.1, 0.15) is 0 Å². The Morgan fingerprint density at radius 1 is 1.40 bits per heavy atom. The molecule has 1 fully saturated rings. The zero-order chi connectivity index (χ0) is 7.45. The first-order valence-corrected chi connectivity index (χ1v) is 4.16. The molecule has 1 heteroatoms. The lowest BCUT2D eigenvalue weighted by Gasteiger charge is -2.31. The van der Waals surface area contributed by atoms with Crippen molar-refractivity contribution in [1.82, 2.24) is 5.32 Å². The minimum atomic E-state index is 0.299. The van der Waals surface area contributed by atoms with Crippen molar-refractivity contribution in [2.45, 2.75) is 38.6 Å². The molecule has 0 aromatic rings. The van der Waals surface area contributed by atoms with Crippen molar-refractivity contribution in [3.8, 4) is 0 Å². The van der Waals surface area contributed by atoms with E-state index in [0.29, 0.717) is 5.54 Å². The topological polar surface area (TPSA) is 12.0 Å². The van der Waals surface area contributed by atoms with Crippen molar-refractivity contribution in [3.63, 3.8) is 0 Å². The third kappa shape index (κ3) is 1.84. The van der Waals surface area contributed by atoms with Crippen LogP contribution in [0.2, 0.25) is 0 Å². The van der Waals surface area contributed by atoms with Gasteiger partial charge in [-0.25, -0.2) is 0 Å². The minimum absolute atomic E-state index is 0.299. The van der Waals surface area contributed by atoms with Crippen molar-refractivity contribution in [2.24, 2.45) is 0 Å². The highest BCUT2D eigenvalue weighted by Crippen LogP contribution is 2.19. The smallest absolute Gasteiger partial charge is 0.0335 e. The molecule has 58 valence electrons. The summed E-state index contributed by atoms with van der Waals surface area (Å²) in [6.45, 7) is 5.54. The number of allylic oxidation sites excluding steroid dienone is 1. The van der Waals surface area contributed by atoms with Crippen LogP contribution in [0.4, 0.5) is 0 Å². The van der Waals surface area contributed by atoms with E-state index >= 15 is 0 Å². The molecule has 0 bridgehead atoms. The second-order valence-electron chi connectivity index (χ2n) is 3.30. The van der Waals surface area contributed by atoms with Crippen molar-refractivity contribution < 1.29 is 0 Å². The van der Waals surface area contributed by atoms with Gasteiger partial charge in [0.25, 0.3) is 0 Å². The SMILES string of the molecule is CC=CC1(C)CCCCN1. The van der Waals surface area contributed by atoms with Crippen LogP contribution < -0.4 is 5.32 Å². The van der Waals surface area contributed by atoms with Crippen molar-refractivity contribution in [3.05, 3.63) is 12.2 Å². The number of rotatable bonds is 1. The average Bonchev–Trinajstić information content (AvgIpc) is 1.89. The lowest BCUT2D eigenvalue weighted by Crippen LogP contribution is -2.43. The normalized spacial score (nSPS) is 35.0. The quantitative estimate of drug-likeness (QED) is 0.548. The lowest BCUT2D eigenvalue weighted by molar-refractivity contribution is 0.340. The summed E-state index contributed by atoms with van der Waals surface area (Å²) < 4.78 is 0. The Bertz CT molecular complexity index is 121. The van der Waals surface area contributed by atoms with Crippen LogP contribution in [0.15, 0.2) is 12.2 Å². The first-order valence-electron chi connectivity index (χ1n) is 4.16. The van der Waals surface area contributed by atoms with Gasteiger partial charge >= 0.3 is 0 Å². The van der Waals surface area contributed by atoms with E-state index in [2.05, 4.69) is 31.3 Å². The van der Waals surface area contributed by atoms with Gasteiger partial charge in [-0.05, 0) is 33.2 Å². The Balaban J connectivity index is 2.48. The Morgan fingerprint density at radius 2 is 2.20 bits per heavy atom. The number of piperidine rings is 1. The maximum absolute atomic E-state index is 3.51. The monoisotopic (exact) mass is 139 g/mol. The van der Waals surface area contributed by atoms with E-state index in [4.69, 9.17) is 0 Å². The van der Waals surface area contributed by atoms with Gasteiger partial charge in [-0.15, -0.1) is 0 Å². The summed E-state index contributed by atoms with van der Waals surface area (Å²) in [5.74, 6) is 0. The molecule has 1 unspecified atom stereocenters. The molecule has 1 aliphatic heterocycles. The van der Waals surface area contributed by atoms with Gasteiger partial charge < -0.3 is 5.32 Å². The van der Waals surface area contributed by atoms with Crippen molar-refractivity contribution >= 4 is 0 Å². The third-order valence-electron chi connectivity index (χ3n) is 2.19. The molecule has 10 heavy (non-hydrogen) atoms. The fourth-order valence-electron chi connectivity index (χ4n) is 1.59. The van der Waals surface area contributed by atoms with Gasteiger partial charge in [-0.1, -0.05) is 18.6 Å². The summed E-state index contributed by atoms with van der Waals surface area (Å²) in [4.78, 5) is 0. The molecular formula is C9H17N. The van der Waals surface area contributed by atoms with Crippen LogP contribution in [0.1, 0.15) is 33.1 Å². The van der Waals surface area contributed by atoms with Crippen LogP contribution >= 0.6 is 0 Å². The maximum Gasteiger partial charge on any atom is 0.0335 e. The number of hydrogen-bond acceptors (Lipinski definition) is 1. The van der Waals surface area contributed by atoms with Crippen LogP contribution in [0.5, 0.6) is 0 Å². The molecule has 0 radical (unpaired) electrons. The van der Waals surface area contributed by atoms with Crippen LogP contribution in [0, 0.1) is 0 Å². The van der Waals surface area contributed by atoms with Gasteiger partial charge in [0.2, 0.25) is 0 Å². The predicted octanol–water partition coefficient (Wildman–Crippen LogP) is 2.09. The van der Waals surface area contributed by atoms with E-state index in [1.165, 1.54) is 25.8 Å². The van der Waals surface area contributed by atoms with Gasteiger partial charge in [0, 0.05) is 5.54 Å². The van der Waals surface area contributed by atoms with E-state index in [0.717, 1.165) is 0 Å². The molecule has 1 saturated heterocycles. The summed E-state index contributed by atoms with van der Waals surface area (Å²) >= 11 is 0. The fraction of sp³-hybridized carbons (Fsp3) is 0.778. The fourth-order valence-corrected chi connectivity index (χ4v) is 1.59. The first-order chi connectivity index (χ1) is 4.77. The van der Waals surface area contributed by atoms with E-state index in [1.54, 1.807) is 0 Å². The Morgan fingerprint density at radius 3 is 2.70 bits per heavy atom. The Hall–Kier alpha value is -0.300. The molecule has 0 aromatic heterocycles. The molecule has 1 nitrogen and oxygen atoms in total. The summed E-state index contributed by atoms with van der Waals surface area (Å²) in [6, 6.07) is 0. The first kappa shape index (κ1) is 7.80. The third-order valence-corrected chi connectivity index (χ3v) is 2.19. The van der Waals surface area contributed by atoms with Crippen LogP contribution in [-0.4, -0.2) is 12.1 Å². The summed E-state index contributed by atoms with van der Waals surface area (Å²) in [7, 11) is 0. The zero-order valence-electron chi connectivity index (χ0n) is 6.98. The molecule has 1 aliphatic rings. The molecule has 0 saturated carbocycles. The number of hydrogen-bond donors (Lipinski definition) is 1. The second-order valence-corrected chi connectivity index (χ2v) is 3.30. The standard InChI is InChI=1S/C9H17N/c1-3-6-9(2)7-4-5-8-10-9/h3,6,10H,4-5,7-8H2,1-2H3. The summed E-state index contributed by atoms with van der Waals surface area (Å²) in [6.07, 6.45) is 8.41. The summed E-state index contributed by atoms with van der Waals surface area (Å²) in [5, 5.41) is 3.51. The minimum Gasteiger partial charge on any atom is -0.308 e. The van der Waals surface area contributed by atoms with E-state index in [1.807, 2.05) is 0 Å². The zero-order valence-corrected chi connectivity index (χ0v) is 6.98.